The summed E-state index contributed by atoms with van der Waals surface area (Å²) in [5.41, 5.74) is 5.61. The number of hydrogen-bond acceptors (Lipinski definition) is 5. The van der Waals surface area contributed by atoms with Gasteiger partial charge in [-0.15, -0.1) is 0 Å². The van der Waals surface area contributed by atoms with Crippen LogP contribution < -0.4 is 11.0 Å². The van der Waals surface area contributed by atoms with Crippen LogP contribution >= 0.6 is 15.9 Å². The molecule has 2 heterocycles. The first kappa shape index (κ1) is 25.9. The van der Waals surface area contributed by atoms with Crippen LogP contribution in [0.3, 0.4) is 0 Å². The summed E-state index contributed by atoms with van der Waals surface area (Å²) >= 11 is 3.50. The first-order valence-electron chi connectivity index (χ1n) is 12.6. The lowest BCUT2D eigenvalue weighted by Crippen LogP contribution is -2.45. The van der Waals surface area contributed by atoms with Gasteiger partial charge in [0.2, 0.25) is 0 Å². The quantitative estimate of drug-likeness (QED) is 0.312. The molecule has 0 radical (unpaired) electrons. The minimum absolute atomic E-state index is 0.142. The second kappa shape index (κ2) is 11.3. The Morgan fingerprint density at radius 1 is 0.921 bits per heavy atom. The van der Waals surface area contributed by atoms with Crippen LogP contribution in [0.15, 0.2) is 82.1 Å². The molecule has 38 heavy (non-hydrogen) atoms. The van der Waals surface area contributed by atoms with Crippen molar-refractivity contribution in [2.75, 3.05) is 20.2 Å². The average molecular weight is 574 g/mol. The van der Waals surface area contributed by atoms with E-state index in [1.54, 1.807) is 18.2 Å². The zero-order valence-electron chi connectivity index (χ0n) is 21.1. The van der Waals surface area contributed by atoms with E-state index in [1.165, 1.54) is 18.1 Å². The van der Waals surface area contributed by atoms with Crippen molar-refractivity contribution in [2.24, 2.45) is 0 Å². The molecular weight excluding hydrogens is 546 g/mol. The Morgan fingerprint density at radius 2 is 1.63 bits per heavy atom. The van der Waals surface area contributed by atoms with Gasteiger partial charge in [0.1, 0.15) is 5.69 Å². The van der Waals surface area contributed by atoms with E-state index in [0.29, 0.717) is 21.9 Å². The predicted molar refractivity (Wildman–Crippen MR) is 151 cm³/mol. The molecule has 1 saturated heterocycles. The number of ether oxygens (including phenoxy) is 1. The monoisotopic (exact) mass is 573 g/mol. The number of rotatable bonds is 6. The first-order chi connectivity index (χ1) is 18.5. The molecule has 0 aliphatic carbocycles. The molecule has 8 heteroatoms. The minimum Gasteiger partial charge on any atom is -0.464 e. The summed E-state index contributed by atoms with van der Waals surface area (Å²) < 4.78 is 7.43. The highest BCUT2D eigenvalue weighted by molar-refractivity contribution is 9.10. The minimum atomic E-state index is -0.597. The Labute approximate surface area is 229 Å². The molecule has 0 spiro atoms. The van der Waals surface area contributed by atoms with E-state index < -0.39 is 5.97 Å². The number of hydrogen-bond donors (Lipinski definition) is 1. The van der Waals surface area contributed by atoms with Crippen molar-refractivity contribution in [3.8, 4) is 11.1 Å². The van der Waals surface area contributed by atoms with E-state index in [0.717, 1.165) is 41.5 Å². The fourth-order valence-corrected chi connectivity index (χ4v) is 5.30. The van der Waals surface area contributed by atoms with Gasteiger partial charge >= 0.3 is 5.97 Å². The zero-order valence-corrected chi connectivity index (χ0v) is 22.7. The molecule has 0 unspecified atom stereocenters. The van der Waals surface area contributed by atoms with Gasteiger partial charge < -0.3 is 4.74 Å². The summed E-state index contributed by atoms with van der Waals surface area (Å²) in [4.78, 5) is 39.6. The van der Waals surface area contributed by atoms with Gasteiger partial charge in [-0.3, -0.25) is 19.6 Å². The standard InChI is InChI=1S/C30H28BrN3O4/c1-38-30(37)27-26(21-8-4-2-5-9-21)25-18-23(31)14-15-24(25)29(36)34(27)19-20-10-12-22(13-11-20)28(35)32-33-16-6-3-7-17-33/h2,4-5,8-15,18H,3,6-7,16-17,19H2,1H3,(H,32,35). The van der Waals surface area contributed by atoms with E-state index >= 15 is 0 Å². The summed E-state index contributed by atoms with van der Waals surface area (Å²) in [5, 5.41) is 3.12. The van der Waals surface area contributed by atoms with Gasteiger partial charge in [0.05, 0.1) is 13.7 Å². The van der Waals surface area contributed by atoms with Gasteiger partial charge in [-0.1, -0.05) is 64.8 Å². The number of methoxy groups -OCH3 is 1. The number of amides is 1. The zero-order chi connectivity index (χ0) is 26.6. The second-order valence-corrected chi connectivity index (χ2v) is 10.3. The number of fused-ring (bicyclic) bond motifs is 1. The molecule has 1 aliphatic heterocycles. The molecule has 1 N–H and O–H groups in total. The Morgan fingerprint density at radius 3 is 2.32 bits per heavy atom. The molecule has 4 aromatic rings. The summed E-state index contributed by atoms with van der Waals surface area (Å²) in [6, 6.07) is 22.0. The van der Waals surface area contributed by atoms with Crippen molar-refractivity contribution in [1.29, 1.82) is 0 Å². The Kier molecular flexibility index (Phi) is 7.72. The number of carbonyl (C=O) groups is 2. The SMILES string of the molecule is COC(=O)c1c(-c2ccccc2)c2cc(Br)ccc2c(=O)n1Cc1ccc(C(=O)NN2CCCCC2)cc1. The van der Waals surface area contributed by atoms with Gasteiger partial charge in [0, 0.05) is 34.1 Å². The lowest BCUT2D eigenvalue weighted by atomic mass is 9.96. The summed E-state index contributed by atoms with van der Waals surface area (Å²) in [6.07, 6.45) is 3.33. The Bertz CT molecular complexity index is 1540. The van der Waals surface area contributed by atoms with Crippen molar-refractivity contribution >= 4 is 38.6 Å². The topological polar surface area (TPSA) is 80.6 Å². The van der Waals surface area contributed by atoms with Crippen molar-refractivity contribution in [3.05, 3.63) is 104 Å². The van der Waals surface area contributed by atoms with Crippen LogP contribution in [0.2, 0.25) is 0 Å². The number of benzene rings is 3. The van der Waals surface area contributed by atoms with Crippen LogP contribution in [0.25, 0.3) is 21.9 Å². The molecule has 5 rings (SSSR count). The third-order valence-electron chi connectivity index (χ3n) is 6.85. The third kappa shape index (κ3) is 5.28. The fraction of sp³-hybridized carbons (Fsp3) is 0.233. The van der Waals surface area contributed by atoms with Crippen molar-refractivity contribution in [3.63, 3.8) is 0 Å². The van der Waals surface area contributed by atoms with Crippen LogP contribution in [0.5, 0.6) is 0 Å². The molecule has 0 bridgehead atoms. The molecule has 1 aliphatic rings. The highest BCUT2D eigenvalue weighted by Gasteiger charge is 2.24. The molecule has 194 valence electrons. The summed E-state index contributed by atoms with van der Waals surface area (Å²) in [6.45, 7) is 1.85. The van der Waals surface area contributed by atoms with Crippen LogP contribution in [-0.4, -0.2) is 41.7 Å². The molecule has 0 atom stereocenters. The highest BCUT2D eigenvalue weighted by atomic mass is 79.9. The summed E-state index contributed by atoms with van der Waals surface area (Å²) in [7, 11) is 1.31. The molecule has 7 nitrogen and oxygen atoms in total. The lowest BCUT2D eigenvalue weighted by Gasteiger charge is -2.26. The number of hydrazine groups is 1. The van der Waals surface area contributed by atoms with E-state index in [1.807, 2.05) is 59.6 Å². The van der Waals surface area contributed by atoms with Crippen LogP contribution in [0.4, 0.5) is 0 Å². The van der Waals surface area contributed by atoms with Crippen molar-refractivity contribution in [2.45, 2.75) is 25.8 Å². The fourth-order valence-electron chi connectivity index (χ4n) is 4.93. The maximum absolute atomic E-state index is 13.7. The molecule has 1 fully saturated rings. The van der Waals surface area contributed by atoms with E-state index in [9.17, 15) is 14.4 Å². The van der Waals surface area contributed by atoms with Crippen LogP contribution in [0.1, 0.15) is 45.7 Å². The average Bonchev–Trinajstić information content (AvgIpc) is 2.95. The number of nitrogens with zero attached hydrogens (tertiary/aromatic N) is 2. The number of carbonyl (C=O) groups excluding carboxylic acids is 2. The molecule has 3 aromatic carbocycles. The maximum atomic E-state index is 13.7. The van der Waals surface area contributed by atoms with Crippen LogP contribution in [-0.2, 0) is 11.3 Å². The first-order valence-corrected chi connectivity index (χ1v) is 13.4. The lowest BCUT2D eigenvalue weighted by molar-refractivity contribution is 0.0588. The molecule has 1 amide bonds. The molecule has 0 saturated carbocycles. The number of esters is 1. The second-order valence-electron chi connectivity index (χ2n) is 9.35. The Balaban J connectivity index is 1.57. The number of nitrogens with one attached hydrogen (secondary N) is 1. The smallest absolute Gasteiger partial charge is 0.355 e. The number of piperidine rings is 1. The van der Waals surface area contributed by atoms with Gasteiger partial charge in [-0.25, -0.2) is 9.80 Å². The third-order valence-corrected chi connectivity index (χ3v) is 7.34. The van der Waals surface area contributed by atoms with E-state index in [4.69, 9.17) is 4.74 Å². The number of pyridine rings is 1. The van der Waals surface area contributed by atoms with Gasteiger partial charge in [0.25, 0.3) is 11.5 Å². The maximum Gasteiger partial charge on any atom is 0.355 e. The van der Waals surface area contributed by atoms with E-state index in [2.05, 4.69) is 21.4 Å². The normalized spacial score (nSPS) is 13.8. The van der Waals surface area contributed by atoms with Gasteiger partial charge in [-0.2, -0.15) is 0 Å². The van der Waals surface area contributed by atoms with E-state index in [-0.39, 0.29) is 23.7 Å². The van der Waals surface area contributed by atoms with Crippen LogP contribution in [0, 0.1) is 0 Å². The van der Waals surface area contributed by atoms with Gasteiger partial charge in [0.15, 0.2) is 0 Å². The summed E-state index contributed by atoms with van der Waals surface area (Å²) in [5.74, 6) is -0.756. The Hall–Kier alpha value is -3.75. The predicted octanol–water partition coefficient (Wildman–Crippen LogP) is 5.40. The number of halogens is 1. The largest absolute Gasteiger partial charge is 0.464 e. The van der Waals surface area contributed by atoms with Gasteiger partial charge in [-0.05, 0) is 59.7 Å². The number of aromatic nitrogens is 1. The van der Waals surface area contributed by atoms with Crippen molar-refractivity contribution < 1.29 is 14.3 Å². The highest BCUT2D eigenvalue weighted by Crippen LogP contribution is 2.33. The molecule has 1 aromatic heterocycles. The van der Waals surface area contributed by atoms with Crippen molar-refractivity contribution in [1.82, 2.24) is 15.0 Å². The molecular formula is C30H28BrN3O4.